The van der Waals surface area contributed by atoms with Crippen LogP contribution < -0.4 is 5.32 Å². The standard InChI is InChI=1S/C14H19ClFN/c1-10(2)14(5-6-14)9-17-8-11-3-4-12(15)13(16)7-11/h3-4,7,10,17H,5-6,8-9H2,1-2H3. The van der Waals surface area contributed by atoms with Crippen molar-refractivity contribution in [1.82, 2.24) is 5.32 Å². The maximum absolute atomic E-state index is 13.2. The molecule has 0 saturated heterocycles. The fraction of sp³-hybridized carbons (Fsp3) is 0.571. The molecule has 1 N–H and O–H groups in total. The molecule has 0 radical (unpaired) electrons. The number of rotatable bonds is 5. The van der Waals surface area contributed by atoms with Crippen LogP contribution in [0.3, 0.4) is 0 Å². The summed E-state index contributed by atoms with van der Waals surface area (Å²) >= 11 is 5.64. The number of benzene rings is 1. The normalized spacial score (nSPS) is 17.5. The highest BCUT2D eigenvalue weighted by molar-refractivity contribution is 6.30. The van der Waals surface area contributed by atoms with Crippen molar-refractivity contribution in [2.45, 2.75) is 33.2 Å². The SMILES string of the molecule is CC(C)C1(CNCc2ccc(Cl)c(F)c2)CC1. The molecule has 94 valence electrons. The van der Waals surface area contributed by atoms with Gasteiger partial charge in [0.25, 0.3) is 0 Å². The van der Waals surface area contributed by atoms with Crippen LogP contribution in [0.15, 0.2) is 18.2 Å². The first-order chi connectivity index (χ1) is 8.03. The smallest absolute Gasteiger partial charge is 0.142 e. The Bertz CT molecular complexity index is 399. The lowest BCUT2D eigenvalue weighted by Gasteiger charge is -2.20. The molecule has 0 spiro atoms. The molecule has 0 amide bonds. The Labute approximate surface area is 107 Å². The van der Waals surface area contributed by atoms with Crippen LogP contribution in [0.5, 0.6) is 0 Å². The molecule has 1 aliphatic rings. The molecule has 1 saturated carbocycles. The molecule has 2 rings (SSSR count). The summed E-state index contributed by atoms with van der Waals surface area (Å²) in [7, 11) is 0. The second kappa shape index (κ2) is 4.95. The lowest BCUT2D eigenvalue weighted by molar-refractivity contribution is 0.337. The highest BCUT2D eigenvalue weighted by Gasteiger charge is 2.44. The van der Waals surface area contributed by atoms with E-state index in [4.69, 9.17) is 11.6 Å². The van der Waals surface area contributed by atoms with Crippen molar-refractivity contribution in [3.63, 3.8) is 0 Å². The molecule has 1 fully saturated rings. The fourth-order valence-corrected chi connectivity index (χ4v) is 2.34. The molecule has 1 aromatic rings. The second-order valence-electron chi connectivity index (χ2n) is 5.37. The van der Waals surface area contributed by atoms with Crippen LogP contribution in [0.1, 0.15) is 32.3 Å². The van der Waals surface area contributed by atoms with Crippen LogP contribution in [-0.2, 0) is 6.54 Å². The van der Waals surface area contributed by atoms with Crippen molar-refractivity contribution >= 4 is 11.6 Å². The molecule has 3 heteroatoms. The first kappa shape index (κ1) is 12.8. The van der Waals surface area contributed by atoms with E-state index in [0.717, 1.165) is 18.0 Å². The highest BCUT2D eigenvalue weighted by atomic mass is 35.5. The lowest BCUT2D eigenvalue weighted by atomic mass is 9.92. The zero-order valence-electron chi connectivity index (χ0n) is 10.4. The summed E-state index contributed by atoms with van der Waals surface area (Å²) in [5.74, 6) is 0.382. The van der Waals surface area contributed by atoms with Gasteiger partial charge in [-0.25, -0.2) is 4.39 Å². The van der Waals surface area contributed by atoms with E-state index in [2.05, 4.69) is 19.2 Å². The Balaban J connectivity index is 1.84. The molecule has 1 nitrogen and oxygen atoms in total. The maximum atomic E-state index is 13.2. The summed E-state index contributed by atoms with van der Waals surface area (Å²) in [5, 5.41) is 3.61. The molecule has 0 atom stereocenters. The summed E-state index contributed by atoms with van der Waals surface area (Å²) in [6.45, 7) is 6.28. The van der Waals surface area contributed by atoms with Crippen molar-refractivity contribution in [3.8, 4) is 0 Å². The molecule has 0 heterocycles. The highest BCUT2D eigenvalue weighted by Crippen LogP contribution is 2.51. The number of halogens is 2. The third-order valence-electron chi connectivity index (χ3n) is 3.91. The minimum Gasteiger partial charge on any atom is -0.312 e. The van der Waals surface area contributed by atoms with Crippen LogP contribution in [0.2, 0.25) is 5.02 Å². The molecule has 0 aliphatic heterocycles. The third-order valence-corrected chi connectivity index (χ3v) is 4.21. The van der Waals surface area contributed by atoms with Gasteiger partial charge in [-0.3, -0.25) is 0 Å². The first-order valence-electron chi connectivity index (χ1n) is 6.18. The van der Waals surface area contributed by atoms with Gasteiger partial charge < -0.3 is 5.32 Å². The molecule has 0 aromatic heterocycles. The molecule has 1 aromatic carbocycles. The van der Waals surface area contributed by atoms with Crippen LogP contribution in [0.25, 0.3) is 0 Å². The van der Waals surface area contributed by atoms with Gasteiger partial charge in [0.05, 0.1) is 5.02 Å². The summed E-state index contributed by atoms with van der Waals surface area (Å²) in [4.78, 5) is 0. The van der Waals surface area contributed by atoms with Crippen LogP contribution in [0, 0.1) is 17.2 Å². The van der Waals surface area contributed by atoms with Crippen LogP contribution >= 0.6 is 11.6 Å². The fourth-order valence-electron chi connectivity index (χ4n) is 2.22. The van der Waals surface area contributed by atoms with Crippen molar-refractivity contribution in [1.29, 1.82) is 0 Å². The van der Waals surface area contributed by atoms with Gasteiger partial charge in [0, 0.05) is 13.1 Å². The van der Waals surface area contributed by atoms with E-state index >= 15 is 0 Å². The van der Waals surface area contributed by atoms with Crippen molar-refractivity contribution in [2.75, 3.05) is 6.54 Å². The van der Waals surface area contributed by atoms with Gasteiger partial charge in [0.15, 0.2) is 0 Å². The monoisotopic (exact) mass is 255 g/mol. The average molecular weight is 256 g/mol. The zero-order valence-corrected chi connectivity index (χ0v) is 11.1. The summed E-state index contributed by atoms with van der Waals surface area (Å²) in [6.07, 6.45) is 2.62. The van der Waals surface area contributed by atoms with Gasteiger partial charge in [0.1, 0.15) is 5.82 Å². The Morgan fingerprint density at radius 1 is 1.41 bits per heavy atom. The van der Waals surface area contributed by atoms with E-state index in [9.17, 15) is 4.39 Å². The van der Waals surface area contributed by atoms with Gasteiger partial charge in [-0.15, -0.1) is 0 Å². The summed E-state index contributed by atoms with van der Waals surface area (Å²) in [6, 6.07) is 4.99. The number of hydrogen-bond acceptors (Lipinski definition) is 1. The second-order valence-corrected chi connectivity index (χ2v) is 5.78. The molecule has 17 heavy (non-hydrogen) atoms. The molecular formula is C14H19ClFN. The first-order valence-corrected chi connectivity index (χ1v) is 6.56. The molecule has 1 aliphatic carbocycles. The largest absolute Gasteiger partial charge is 0.312 e. The third kappa shape index (κ3) is 2.99. The predicted molar refractivity (Wildman–Crippen MR) is 69.6 cm³/mol. The quantitative estimate of drug-likeness (QED) is 0.839. The topological polar surface area (TPSA) is 12.0 Å². The van der Waals surface area contributed by atoms with Crippen LogP contribution in [0.4, 0.5) is 4.39 Å². The van der Waals surface area contributed by atoms with Gasteiger partial charge in [-0.1, -0.05) is 31.5 Å². The predicted octanol–water partition coefficient (Wildman–Crippen LogP) is 4.00. The maximum Gasteiger partial charge on any atom is 0.142 e. The van der Waals surface area contributed by atoms with E-state index in [1.54, 1.807) is 6.07 Å². The van der Waals surface area contributed by atoms with Crippen molar-refractivity contribution in [2.24, 2.45) is 11.3 Å². The molecule has 0 unspecified atom stereocenters. The van der Waals surface area contributed by atoms with E-state index in [1.165, 1.54) is 18.9 Å². The van der Waals surface area contributed by atoms with Gasteiger partial charge in [-0.05, 0) is 41.9 Å². The van der Waals surface area contributed by atoms with E-state index in [0.29, 0.717) is 12.0 Å². The van der Waals surface area contributed by atoms with Crippen molar-refractivity contribution in [3.05, 3.63) is 34.6 Å². The lowest BCUT2D eigenvalue weighted by Crippen LogP contribution is -2.27. The summed E-state index contributed by atoms with van der Waals surface area (Å²) < 4.78 is 13.2. The molecule has 0 bridgehead atoms. The average Bonchev–Trinajstić information content (AvgIpc) is 3.04. The van der Waals surface area contributed by atoms with E-state index < -0.39 is 0 Å². The Kier molecular flexibility index (Phi) is 3.74. The van der Waals surface area contributed by atoms with Gasteiger partial charge >= 0.3 is 0 Å². The number of hydrogen-bond donors (Lipinski definition) is 1. The van der Waals surface area contributed by atoms with E-state index in [-0.39, 0.29) is 10.8 Å². The zero-order chi connectivity index (χ0) is 12.5. The van der Waals surface area contributed by atoms with Crippen molar-refractivity contribution < 1.29 is 4.39 Å². The minimum absolute atomic E-state index is 0.189. The summed E-state index contributed by atoms with van der Waals surface area (Å²) in [5.41, 5.74) is 1.44. The van der Waals surface area contributed by atoms with Gasteiger partial charge in [0.2, 0.25) is 0 Å². The minimum atomic E-state index is -0.337. The van der Waals surface area contributed by atoms with Crippen LogP contribution in [-0.4, -0.2) is 6.54 Å². The molecular weight excluding hydrogens is 237 g/mol. The number of nitrogens with one attached hydrogen (secondary N) is 1. The van der Waals surface area contributed by atoms with E-state index in [1.807, 2.05) is 6.07 Å². The Morgan fingerprint density at radius 2 is 2.12 bits per heavy atom. The Morgan fingerprint density at radius 3 is 2.65 bits per heavy atom. The Hall–Kier alpha value is -0.600. The van der Waals surface area contributed by atoms with Gasteiger partial charge in [-0.2, -0.15) is 0 Å².